The van der Waals surface area contributed by atoms with Crippen molar-refractivity contribution in [3.63, 3.8) is 0 Å². The van der Waals surface area contributed by atoms with Crippen molar-refractivity contribution in [2.24, 2.45) is 0 Å². The Bertz CT molecular complexity index is 1250. The summed E-state index contributed by atoms with van der Waals surface area (Å²) in [6, 6.07) is 10.3. The molecule has 0 aliphatic rings. The lowest BCUT2D eigenvalue weighted by Gasteiger charge is -2.16. The quantitative estimate of drug-likeness (QED) is 0.618. The maximum atomic E-state index is 14.0. The van der Waals surface area contributed by atoms with E-state index in [4.69, 9.17) is 0 Å². The van der Waals surface area contributed by atoms with E-state index in [2.05, 4.69) is 11.8 Å². The van der Waals surface area contributed by atoms with Gasteiger partial charge in [0.1, 0.15) is 6.54 Å². The zero-order chi connectivity index (χ0) is 22.5. The number of aryl methyl sites for hydroxylation is 2. The van der Waals surface area contributed by atoms with Gasteiger partial charge in [0.05, 0.1) is 12.1 Å². The predicted octanol–water partition coefficient (Wildman–Crippen LogP) is 3.06. The number of aliphatic carboxylic acids is 1. The van der Waals surface area contributed by atoms with E-state index in [1.165, 1.54) is 22.8 Å². The lowest BCUT2D eigenvalue weighted by Crippen LogP contribution is -2.19. The number of carboxylic acids is 1. The van der Waals surface area contributed by atoms with Crippen molar-refractivity contribution in [2.45, 2.75) is 19.4 Å². The molecule has 31 heavy (non-hydrogen) atoms. The third-order valence-corrected chi connectivity index (χ3v) is 4.80. The highest BCUT2D eigenvalue weighted by Crippen LogP contribution is 2.19. The Morgan fingerprint density at radius 1 is 1.13 bits per heavy atom. The second kappa shape index (κ2) is 9.54. The lowest BCUT2D eigenvalue weighted by molar-refractivity contribution is -0.137. The molecule has 2 aromatic carbocycles. The van der Waals surface area contributed by atoms with E-state index in [9.17, 15) is 23.5 Å². The molecular formula is C24H22F2N2O3. The zero-order valence-electron chi connectivity index (χ0n) is 17.3. The number of aromatic nitrogens is 1. The molecule has 5 nitrogen and oxygen atoms in total. The van der Waals surface area contributed by atoms with E-state index in [0.717, 1.165) is 6.07 Å². The van der Waals surface area contributed by atoms with Gasteiger partial charge >= 0.3 is 5.97 Å². The number of carbonyl (C=O) groups is 1. The molecule has 1 aromatic heterocycles. The fourth-order valence-corrected chi connectivity index (χ4v) is 3.34. The Kier molecular flexibility index (Phi) is 6.83. The van der Waals surface area contributed by atoms with Gasteiger partial charge in [-0.15, -0.1) is 0 Å². The van der Waals surface area contributed by atoms with Gasteiger partial charge in [-0.2, -0.15) is 0 Å². The summed E-state index contributed by atoms with van der Waals surface area (Å²) in [6.45, 7) is 0.186. The van der Waals surface area contributed by atoms with Gasteiger partial charge in [-0.3, -0.25) is 14.5 Å². The second-order valence-corrected chi connectivity index (χ2v) is 7.46. The third kappa shape index (κ3) is 5.36. The summed E-state index contributed by atoms with van der Waals surface area (Å²) in [5, 5.41) is 9.79. The Balaban J connectivity index is 2.06. The van der Waals surface area contributed by atoms with Gasteiger partial charge in [0, 0.05) is 22.7 Å². The van der Waals surface area contributed by atoms with Gasteiger partial charge in [0.15, 0.2) is 17.1 Å². The Morgan fingerprint density at radius 3 is 2.61 bits per heavy atom. The van der Waals surface area contributed by atoms with E-state index in [0.29, 0.717) is 28.7 Å². The van der Waals surface area contributed by atoms with E-state index in [1.54, 1.807) is 18.2 Å². The first-order chi connectivity index (χ1) is 14.8. The number of nitrogens with zero attached hydrogens (tertiary/aromatic N) is 2. The zero-order valence-corrected chi connectivity index (χ0v) is 17.3. The lowest BCUT2D eigenvalue weighted by atomic mass is 10.0. The Morgan fingerprint density at radius 2 is 1.90 bits per heavy atom. The van der Waals surface area contributed by atoms with Crippen LogP contribution in [0.5, 0.6) is 0 Å². The fourth-order valence-electron chi connectivity index (χ4n) is 3.34. The number of carboxylic acid groups (broad SMARTS) is 1. The van der Waals surface area contributed by atoms with Crippen molar-refractivity contribution in [2.75, 3.05) is 20.6 Å². The Hall–Kier alpha value is -3.50. The smallest absolute Gasteiger partial charge is 0.323 e. The molecule has 0 aliphatic carbocycles. The maximum absolute atomic E-state index is 14.0. The van der Waals surface area contributed by atoms with Crippen LogP contribution >= 0.6 is 0 Å². The number of fused-ring (bicyclic) bond motifs is 1. The molecule has 0 unspecified atom stereocenters. The third-order valence-electron chi connectivity index (χ3n) is 4.80. The fraction of sp³-hybridized carbons (Fsp3) is 0.250. The highest BCUT2D eigenvalue weighted by atomic mass is 19.2. The average Bonchev–Trinajstić information content (AvgIpc) is 2.71. The van der Waals surface area contributed by atoms with Gasteiger partial charge < -0.3 is 9.67 Å². The van der Waals surface area contributed by atoms with Crippen LogP contribution in [-0.4, -0.2) is 41.2 Å². The number of halogens is 2. The number of benzene rings is 2. The van der Waals surface area contributed by atoms with Crippen LogP contribution in [0.1, 0.15) is 16.8 Å². The molecule has 0 saturated carbocycles. The summed E-state index contributed by atoms with van der Waals surface area (Å²) < 4.78 is 29.0. The SMILES string of the molecule is CN(C)CC#Cc1ccc2c(=O)cc(CCc3cccc(F)c3F)n(CC(=O)O)c2c1. The summed E-state index contributed by atoms with van der Waals surface area (Å²) in [5.41, 5.74) is 1.43. The number of hydrogen-bond acceptors (Lipinski definition) is 3. The van der Waals surface area contributed by atoms with Crippen molar-refractivity contribution < 1.29 is 18.7 Å². The molecule has 0 radical (unpaired) electrons. The molecule has 0 saturated heterocycles. The predicted molar refractivity (Wildman–Crippen MR) is 115 cm³/mol. The number of rotatable bonds is 6. The normalized spacial score (nSPS) is 10.9. The minimum absolute atomic E-state index is 0.122. The molecule has 0 atom stereocenters. The topological polar surface area (TPSA) is 62.5 Å². The van der Waals surface area contributed by atoms with Crippen molar-refractivity contribution in [1.82, 2.24) is 9.47 Å². The average molecular weight is 424 g/mol. The second-order valence-electron chi connectivity index (χ2n) is 7.46. The van der Waals surface area contributed by atoms with Crippen LogP contribution in [0.4, 0.5) is 8.78 Å². The molecule has 7 heteroatoms. The maximum Gasteiger partial charge on any atom is 0.323 e. The molecule has 0 bridgehead atoms. The minimum Gasteiger partial charge on any atom is -0.480 e. The highest BCUT2D eigenvalue weighted by Gasteiger charge is 2.14. The largest absolute Gasteiger partial charge is 0.480 e. The van der Waals surface area contributed by atoms with Crippen LogP contribution in [0.2, 0.25) is 0 Å². The molecular weight excluding hydrogens is 402 g/mol. The number of pyridine rings is 1. The highest BCUT2D eigenvalue weighted by molar-refractivity contribution is 5.82. The summed E-state index contributed by atoms with van der Waals surface area (Å²) in [6.07, 6.45) is 0.297. The van der Waals surface area contributed by atoms with E-state index >= 15 is 0 Å². The first kappa shape index (κ1) is 22.2. The van der Waals surface area contributed by atoms with Crippen LogP contribution in [0.3, 0.4) is 0 Å². The molecule has 0 amide bonds. The molecule has 3 rings (SSSR count). The number of hydrogen-bond donors (Lipinski definition) is 1. The van der Waals surface area contributed by atoms with Gasteiger partial charge in [-0.1, -0.05) is 24.0 Å². The Labute approximate surface area is 178 Å². The van der Waals surface area contributed by atoms with Gasteiger partial charge in [0.2, 0.25) is 0 Å². The molecule has 1 N–H and O–H groups in total. The first-order valence-electron chi connectivity index (χ1n) is 9.71. The molecule has 160 valence electrons. The molecule has 1 heterocycles. The van der Waals surface area contributed by atoms with Crippen molar-refractivity contribution >= 4 is 16.9 Å². The van der Waals surface area contributed by atoms with Crippen molar-refractivity contribution in [3.8, 4) is 11.8 Å². The molecule has 0 spiro atoms. The summed E-state index contributed by atoms with van der Waals surface area (Å²) in [4.78, 5) is 26.1. The minimum atomic E-state index is -1.08. The molecule has 3 aromatic rings. The van der Waals surface area contributed by atoms with Crippen LogP contribution in [0.15, 0.2) is 47.3 Å². The van der Waals surface area contributed by atoms with Gasteiger partial charge in [-0.25, -0.2) is 8.78 Å². The van der Waals surface area contributed by atoms with Crippen LogP contribution in [-0.2, 0) is 24.2 Å². The first-order valence-corrected chi connectivity index (χ1v) is 9.71. The van der Waals surface area contributed by atoms with E-state index in [1.807, 2.05) is 19.0 Å². The van der Waals surface area contributed by atoms with Crippen LogP contribution in [0.25, 0.3) is 10.9 Å². The van der Waals surface area contributed by atoms with Crippen molar-refractivity contribution in [3.05, 3.63) is 81.1 Å². The summed E-state index contributed by atoms with van der Waals surface area (Å²) in [5.74, 6) is 3.06. The monoisotopic (exact) mass is 424 g/mol. The summed E-state index contributed by atoms with van der Waals surface area (Å²) >= 11 is 0. The molecule has 0 aliphatic heterocycles. The van der Waals surface area contributed by atoms with E-state index in [-0.39, 0.29) is 30.4 Å². The standard InChI is InChI=1S/C24H22F2N2O3/c1-27(2)12-4-5-16-8-11-19-21(13-16)28(15-23(30)31)18(14-22(19)29)10-9-17-6-3-7-20(25)24(17)26/h3,6-8,11,13-14H,9-10,12,15H2,1-2H3,(H,30,31). The van der Waals surface area contributed by atoms with Crippen LogP contribution in [0, 0.1) is 23.5 Å². The van der Waals surface area contributed by atoms with Crippen molar-refractivity contribution in [1.29, 1.82) is 0 Å². The van der Waals surface area contributed by atoms with Gasteiger partial charge in [0.25, 0.3) is 0 Å². The molecule has 0 fully saturated rings. The summed E-state index contributed by atoms with van der Waals surface area (Å²) in [7, 11) is 3.79. The van der Waals surface area contributed by atoms with Gasteiger partial charge in [-0.05, 0) is 56.8 Å². The van der Waals surface area contributed by atoms with E-state index < -0.39 is 17.6 Å². The van der Waals surface area contributed by atoms with Crippen LogP contribution < -0.4 is 5.43 Å².